The van der Waals surface area contributed by atoms with Crippen LogP contribution in [0.5, 0.6) is 5.75 Å². The van der Waals surface area contributed by atoms with Gasteiger partial charge in [0, 0.05) is 25.3 Å². The van der Waals surface area contributed by atoms with Crippen molar-refractivity contribution in [3.05, 3.63) is 29.8 Å². The normalized spacial score (nSPS) is 31.0. The average molecular weight is 322 g/mol. The van der Waals surface area contributed by atoms with Crippen molar-refractivity contribution < 1.29 is 29.4 Å². The fourth-order valence-corrected chi connectivity index (χ4v) is 4.32. The van der Waals surface area contributed by atoms with E-state index in [4.69, 9.17) is 0 Å². The van der Waals surface area contributed by atoms with Gasteiger partial charge in [0.1, 0.15) is 17.3 Å². The van der Waals surface area contributed by atoms with Gasteiger partial charge in [0.25, 0.3) is 0 Å². The summed E-state index contributed by atoms with van der Waals surface area (Å²) >= 11 is 0. The van der Waals surface area contributed by atoms with Gasteiger partial charge in [-0.25, -0.2) is 4.79 Å². The Balaban J connectivity index is 2.74. The van der Waals surface area contributed by atoms with E-state index in [1.165, 1.54) is 19.1 Å². The van der Waals surface area contributed by atoms with Gasteiger partial charge in [-0.2, -0.15) is 9.28 Å². The quantitative estimate of drug-likeness (QED) is 0.726. The Hall–Kier alpha value is -2.08. The van der Waals surface area contributed by atoms with E-state index in [2.05, 4.69) is 0 Å². The fraction of sp³-hybridized carbons (Fsp3) is 0.529. The maximum Gasteiger partial charge on any atom is 0.515 e. The van der Waals surface area contributed by atoms with E-state index in [-0.39, 0.29) is 12.2 Å². The molecule has 1 saturated heterocycles. The minimum Gasteiger partial charge on any atom is -0.508 e. The lowest BCUT2D eigenvalue weighted by Crippen LogP contribution is -2.73. The summed E-state index contributed by atoms with van der Waals surface area (Å²) in [6, 6.07) is 5.87. The Labute approximate surface area is 135 Å². The van der Waals surface area contributed by atoms with Crippen LogP contribution in [0.4, 0.5) is 4.79 Å². The number of phenols is 1. The van der Waals surface area contributed by atoms with Crippen LogP contribution in [0, 0.1) is 0 Å². The minimum absolute atomic E-state index is 0.0944. The van der Waals surface area contributed by atoms with Crippen LogP contribution in [-0.2, 0) is 4.79 Å². The second-order valence-electron chi connectivity index (χ2n) is 7.40. The lowest BCUT2D eigenvalue weighted by atomic mass is 9.88. The summed E-state index contributed by atoms with van der Waals surface area (Å²) in [5.74, 6) is -1.01. The van der Waals surface area contributed by atoms with E-state index in [0.29, 0.717) is 6.42 Å². The summed E-state index contributed by atoms with van der Waals surface area (Å²) in [6.07, 6.45) is -0.410. The van der Waals surface area contributed by atoms with Gasteiger partial charge in [0.05, 0.1) is 0 Å². The Kier molecular flexibility index (Phi) is 3.93. The van der Waals surface area contributed by atoms with Crippen molar-refractivity contribution in [2.45, 2.75) is 57.7 Å². The van der Waals surface area contributed by atoms with Crippen molar-refractivity contribution in [3.63, 3.8) is 0 Å². The minimum atomic E-state index is -1.42. The molecule has 1 heterocycles. The van der Waals surface area contributed by atoms with Crippen molar-refractivity contribution in [2.75, 3.05) is 0 Å². The number of carboxylic acids is 1. The van der Waals surface area contributed by atoms with E-state index < -0.39 is 33.7 Å². The van der Waals surface area contributed by atoms with E-state index in [1.54, 1.807) is 32.9 Å². The third-order valence-electron chi connectivity index (χ3n) is 5.25. The maximum atomic E-state index is 12.4. The molecule has 1 aliphatic heterocycles. The van der Waals surface area contributed by atoms with Crippen molar-refractivity contribution in [1.29, 1.82) is 0 Å². The third-order valence-corrected chi connectivity index (χ3v) is 5.25. The number of hydrogen-bond acceptors (Lipinski definition) is 3. The first-order valence-electron chi connectivity index (χ1n) is 7.63. The molecule has 1 aromatic rings. The molecule has 1 aromatic carbocycles. The number of hydrogen-bond donors (Lipinski definition) is 3. The Morgan fingerprint density at radius 2 is 1.70 bits per heavy atom. The number of nitrogens with zero attached hydrogens (tertiary/aromatic N) is 1. The monoisotopic (exact) mass is 322 g/mol. The van der Waals surface area contributed by atoms with Crippen molar-refractivity contribution in [3.8, 4) is 5.75 Å². The molecule has 3 atom stereocenters. The lowest BCUT2D eigenvalue weighted by Gasteiger charge is -2.51. The standard InChI is InChI=1S/C17H23NO5/c1-16(2,3)18(15(22)23)13(9-10-17(18,4)14(20)21)11-5-7-12(19)8-6-11/h5-8,13H,9-10H2,1-4H3,(H2-,19,20,21,22,23)/p+1/t13-,17+,18?/m1/s1. The molecular weight excluding hydrogens is 298 g/mol. The first-order chi connectivity index (χ1) is 10.5. The van der Waals surface area contributed by atoms with E-state index in [0.717, 1.165) is 5.56 Å². The van der Waals surface area contributed by atoms with Gasteiger partial charge in [0.2, 0.25) is 5.54 Å². The number of carboxylic acid groups (broad SMARTS) is 2. The fourth-order valence-electron chi connectivity index (χ4n) is 4.32. The molecular formula is C17H24NO5+. The van der Waals surface area contributed by atoms with Gasteiger partial charge in [-0.3, -0.25) is 0 Å². The molecule has 0 aromatic heterocycles. The molecule has 2 rings (SSSR count). The Morgan fingerprint density at radius 3 is 2.09 bits per heavy atom. The summed E-state index contributed by atoms with van der Waals surface area (Å²) in [5, 5.41) is 29.4. The van der Waals surface area contributed by atoms with Gasteiger partial charge in [0.15, 0.2) is 0 Å². The molecule has 1 fully saturated rings. The molecule has 0 bridgehead atoms. The van der Waals surface area contributed by atoms with E-state index in [1.807, 2.05) is 0 Å². The van der Waals surface area contributed by atoms with Gasteiger partial charge in [-0.15, -0.1) is 0 Å². The number of carbonyl (C=O) groups is 2. The van der Waals surface area contributed by atoms with Crippen LogP contribution < -0.4 is 0 Å². The van der Waals surface area contributed by atoms with Crippen LogP contribution in [0.25, 0.3) is 0 Å². The predicted octanol–water partition coefficient (Wildman–Crippen LogP) is 3.36. The average Bonchev–Trinajstić information content (AvgIpc) is 2.75. The van der Waals surface area contributed by atoms with Gasteiger partial charge in [-0.1, -0.05) is 0 Å². The van der Waals surface area contributed by atoms with Crippen LogP contribution in [0.3, 0.4) is 0 Å². The molecule has 1 unspecified atom stereocenters. The van der Waals surface area contributed by atoms with Gasteiger partial charge < -0.3 is 15.3 Å². The molecule has 0 radical (unpaired) electrons. The van der Waals surface area contributed by atoms with Crippen LogP contribution in [0.2, 0.25) is 0 Å². The molecule has 6 heteroatoms. The zero-order valence-electron chi connectivity index (χ0n) is 13.9. The van der Waals surface area contributed by atoms with Crippen LogP contribution in [0.1, 0.15) is 52.1 Å². The highest BCUT2D eigenvalue weighted by atomic mass is 16.4. The second-order valence-corrected chi connectivity index (χ2v) is 7.40. The summed E-state index contributed by atoms with van der Waals surface area (Å²) in [5.41, 5.74) is -1.52. The Bertz CT molecular complexity index is 633. The molecule has 23 heavy (non-hydrogen) atoms. The summed E-state index contributed by atoms with van der Waals surface area (Å²) in [4.78, 5) is 24.4. The first-order valence-corrected chi connectivity index (χ1v) is 7.63. The molecule has 1 aliphatic rings. The van der Waals surface area contributed by atoms with Crippen molar-refractivity contribution >= 4 is 12.1 Å². The molecule has 6 nitrogen and oxygen atoms in total. The second kappa shape index (κ2) is 5.23. The maximum absolute atomic E-state index is 12.4. The predicted molar refractivity (Wildman–Crippen MR) is 84.2 cm³/mol. The smallest absolute Gasteiger partial charge is 0.508 e. The number of quaternary nitrogens is 1. The molecule has 126 valence electrons. The van der Waals surface area contributed by atoms with Crippen LogP contribution in [0.15, 0.2) is 24.3 Å². The van der Waals surface area contributed by atoms with E-state index >= 15 is 0 Å². The largest absolute Gasteiger partial charge is 0.515 e. The lowest BCUT2D eigenvalue weighted by molar-refractivity contribution is -0.954. The zero-order chi connectivity index (χ0) is 17.6. The topological polar surface area (TPSA) is 94.8 Å². The summed E-state index contributed by atoms with van der Waals surface area (Å²) in [7, 11) is 0. The number of amides is 1. The highest BCUT2D eigenvalue weighted by Crippen LogP contribution is 2.55. The highest BCUT2D eigenvalue weighted by Gasteiger charge is 2.71. The molecule has 3 N–H and O–H groups in total. The van der Waals surface area contributed by atoms with Crippen LogP contribution in [-0.4, -0.2) is 42.9 Å². The van der Waals surface area contributed by atoms with Crippen LogP contribution >= 0.6 is 0 Å². The van der Waals surface area contributed by atoms with Crippen molar-refractivity contribution in [2.24, 2.45) is 0 Å². The van der Waals surface area contributed by atoms with Crippen molar-refractivity contribution in [1.82, 2.24) is 0 Å². The third kappa shape index (κ3) is 2.20. The number of aromatic hydroxyl groups is 1. The molecule has 0 spiro atoms. The van der Waals surface area contributed by atoms with Gasteiger partial charge >= 0.3 is 12.1 Å². The molecule has 1 amide bonds. The highest BCUT2D eigenvalue weighted by molar-refractivity contribution is 5.80. The molecule has 0 aliphatic carbocycles. The Morgan fingerprint density at radius 1 is 1.17 bits per heavy atom. The number of phenolic OH excluding ortho intramolecular Hbond substituents is 1. The SMILES string of the molecule is CC(C)(C)[N+]1(C(=O)O)[C@@H](c2ccc(O)cc2)CC[C@@]1(C)C(=O)O. The van der Waals surface area contributed by atoms with Gasteiger partial charge in [-0.05, 0) is 45.0 Å². The zero-order valence-corrected chi connectivity index (χ0v) is 13.9. The summed E-state index contributed by atoms with van der Waals surface area (Å²) in [6.45, 7) is 6.82. The number of aliphatic carboxylic acids is 1. The number of likely N-dealkylation sites (tertiary alicyclic amines) is 1. The molecule has 0 saturated carbocycles. The van der Waals surface area contributed by atoms with E-state index in [9.17, 15) is 24.9 Å². The first kappa shape index (κ1) is 17.3. The number of rotatable bonds is 2. The number of benzene rings is 1. The summed E-state index contributed by atoms with van der Waals surface area (Å²) < 4.78 is -0.569.